The summed E-state index contributed by atoms with van der Waals surface area (Å²) in [6, 6.07) is 7.56. The lowest BCUT2D eigenvalue weighted by Crippen LogP contribution is -2.48. The third-order valence-electron chi connectivity index (χ3n) is 5.09. The number of amides is 4. The minimum Gasteiger partial charge on any atom is -0.465 e. The summed E-state index contributed by atoms with van der Waals surface area (Å²) in [5, 5.41) is 11.8. The molecular formula is C19H16ClN3O5S. The van der Waals surface area contributed by atoms with Gasteiger partial charge in [0.25, 0.3) is 17.7 Å². The number of piperidine rings is 1. The van der Waals surface area contributed by atoms with E-state index >= 15 is 0 Å². The highest BCUT2D eigenvalue weighted by molar-refractivity contribution is 7.18. The Bertz CT molecular complexity index is 1030. The highest BCUT2D eigenvalue weighted by Gasteiger charge is 2.42. The van der Waals surface area contributed by atoms with Gasteiger partial charge in [-0.05, 0) is 37.1 Å². The van der Waals surface area contributed by atoms with E-state index in [0.717, 1.165) is 11.3 Å². The van der Waals surface area contributed by atoms with Crippen molar-refractivity contribution in [2.45, 2.75) is 18.9 Å². The van der Waals surface area contributed by atoms with E-state index in [4.69, 9.17) is 16.7 Å². The number of hydrogen-bond donors (Lipinski definition) is 2. The Kier molecular flexibility index (Phi) is 5.01. The second kappa shape index (κ2) is 7.49. The van der Waals surface area contributed by atoms with Crippen LogP contribution in [0.5, 0.6) is 0 Å². The number of thiophene rings is 1. The standard InChI is InChI=1S/C19H16ClN3O5S/c20-14-5-4-13(29-14)16(24)21-12-3-1-2-11-15(12)18(26)23(17(11)25)10-6-8-22(9-7-10)19(27)28/h1-5,10H,6-9H2,(H,21,24)(H,27,28). The van der Waals surface area contributed by atoms with Crippen molar-refractivity contribution in [3.8, 4) is 0 Å². The highest BCUT2D eigenvalue weighted by Crippen LogP contribution is 2.33. The Hall–Kier alpha value is -2.91. The lowest BCUT2D eigenvalue weighted by Gasteiger charge is -2.34. The van der Waals surface area contributed by atoms with Crippen LogP contribution in [0.3, 0.4) is 0 Å². The van der Waals surface area contributed by atoms with E-state index in [1.165, 1.54) is 9.80 Å². The molecule has 29 heavy (non-hydrogen) atoms. The Balaban J connectivity index is 1.57. The second-order valence-corrected chi connectivity index (χ2v) is 8.48. The van der Waals surface area contributed by atoms with Crippen molar-refractivity contribution >= 4 is 52.4 Å². The average Bonchev–Trinajstić information content (AvgIpc) is 3.24. The number of carbonyl (C=O) groups excluding carboxylic acids is 3. The summed E-state index contributed by atoms with van der Waals surface area (Å²) in [6.07, 6.45) is -0.246. The first kappa shape index (κ1) is 19.4. The second-order valence-electron chi connectivity index (χ2n) is 6.77. The molecule has 0 unspecified atom stereocenters. The summed E-state index contributed by atoms with van der Waals surface area (Å²) in [5.74, 6) is -1.31. The molecule has 0 atom stereocenters. The molecule has 1 aromatic heterocycles. The number of rotatable bonds is 3. The Morgan fingerprint density at radius 2 is 1.83 bits per heavy atom. The van der Waals surface area contributed by atoms with Gasteiger partial charge in [-0.15, -0.1) is 11.3 Å². The normalized spacial score (nSPS) is 16.9. The van der Waals surface area contributed by atoms with Gasteiger partial charge >= 0.3 is 6.09 Å². The van der Waals surface area contributed by atoms with Crippen LogP contribution in [0.1, 0.15) is 43.2 Å². The summed E-state index contributed by atoms with van der Waals surface area (Å²) >= 11 is 6.99. The molecule has 8 nitrogen and oxygen atoms in total. The fraction of sp³-hybridized carbons (Fsp3) is 0.263. The van der Waals surface area contributed by atoms with Gasteiger partial charge in [0, 0.05) is 19.1 Å². The fourth-order valence-corrected chi connectivity index (χ4v) is 4.61. The van der Waals surface area contributed by atoms with Crippen LogP contribution in [-0.4, -0.2) is 57.9 Å². The molecule has 0 spiro atoms. The van der Waals surface area contributed by atoms with Crippen LogP contribution >= 0.6 is 22.9 Å². The molecule has 3 heterocycles. The third-order valence-corrected chi connectivity index (χ3v) is 6.32. The van der Waals surface area contributed by atoms with Crippen LogP contribution in [0.4, 0.5) is 10.5 Å². The maximum atomic E-state index is 13.1. The largest absolute Gasteiger partial charge is 0.465 e. The van der Waals surface area contributed by atoms with E-state index < -0.39 is 23.8 Å². The zero-order chi connectivity index (χ0) is 20.7. The molecule has 10 heteroatoms. The molecule has 2 N–H and O–H groups in total. The number of anilines is 1. The number of hydrogen-bond acceptors (Lipinski definition) is 5. The molecule has 2 aliphatic heterocycles. The Labute approximate surface area is 174 Å². The Morgan fingerprint density at radius 1 is 1.10 bits per heavy atom. The number of nitrogens with one attached hydrogen (secondary N) is 1. The van der Waals surface area contributed by atoms with Crippen molar-refractivity contribution in [2.75, 3.05) is 18.4 Å². The third kappa shape index (κ3) is 3.47. The lowest BCUT2D eigenvalue weighted by atomic mass is 10.0. The van der Waals surface area contributed by atoms with Gasteiger partial charge in [-0.3, -0.25) is 19.3 Å². The van der Waals surface area contributed by atoms with Gasteiger partial charge in [0.15, 0.2) is 0 Å². The predicted molar refractivity (Wildman–Crippen MR) is 107 cm³/mol. The molecule has 1 aromatic carbocycles. The minimum atomic E-state index is -1.01. The molecule has 4 rings (SSSR count). The van der Waals surface area contributed by atoms with Crippen molar-refractivity contribution in [3.05, 3.63) is 50.7 Å². The molecule has 0 bridgehead atoms. The average molecular weight is 434 g/mol. The number of imide groups is 1. The number of carbonyl (C=O) groups is 4. The maximum absolute atomic E-state index is 13.1. The van der Waals surface area contributed by atoms with Gasteiger partial charge in [0.1, 0.15) is 0 Å². The molecule has 1 saturated heterocycles. The van der Waals surface area contributed by atoms with Gasteiger partial charge in [-0.25, -0.2) is 4.79 Å². The van der Waals surface area contributed by atoms with Gasteiger partial charge in [-0.2, -0.15) is 0 Å². The minimum absolute atomic E-state index is 0.161. The smallest absolute Gasteiger partial charge is 0.407 e. The van der Waals surface area contributed by atoms with E-state index in [-0.39, 0.29) is 35.9 Å². The van der Waals surface area contributed by atoms with Gasteiger partial charge in [0.05, 0.1) is 26.0 Å². The maximum Gasteiger partial charge on any atom is 0.407 e. The summed E-state index contributed by atoms with van der Waals surface area (Å²) < 4.78 is 0.471. The van der Waals surface area contributed by atoms with Crippen molar-refractivity contribution in [3.63, 3.8) is 0 Å². The van der Waals surface area contributed by atoms with Crippen LogP contribution in [0, 0.1) is 0 Å². The van der Waals surface area contributed by atoms with Crippen molar-refractivity contribution in [2.24, 2.45) is 0 Å². The molecule has 2 aliphatic rings. The topological polar surface area (TPSA) is 107 Å². The SMILES string of the molecule is O=C(Nc1cccc2c1C(=O)N(C1CCN(C(=O)O)CC1)C2=O)c1ccc(Cl)s1. The first-order valence-corrected chi connectivity index (χ1v) is 10.1. The molecule has 4 amide bonds. The molecule has 2 aromatic rings. The highest BCUT2D eigenvalue weighted by atomic mass is 35.5. The summed E-state index contributed by atoms with van der Waals surface area (Å²) in [5.41, 5.74) is 0.660. The van der Waals surface area contributed by atoms with Crippen LogP contribution in [-0.2, 0) is 0 Å². The molecular weight excluding hydrogens is 418 g/mol. The lowest BCUT2D eigenvalue weighted by molar-refractivity contribution is 0.0507. The number of benzene rings is 1. The van der Waals surface area contributed by atoms with E-state index in [0.29, 0.717) is 22.1 Å². The van der Waals surface area contributed by atoms with Gasteiger partial charge in [-0.1, -0.05) is 17.7 Å². The summed E-state index contributed by atoms with van der Waals surface area (Å²) in [4.78, 5) is 52.4. The van der Waals surface area contributed by atoms with Crippen molar-refractivity contribution in [1.82, 2.24) is 9.80 Å². The van der Waals surface area contributed by atoms with Crippen LogP contribution in [0.25, 0.3) is 0 Å². The van der Waals surface area contributed by atoms with Gasteiger partial charge < -0.3 is 15.3 Å². The summed E-state index contributed by atoms with van der Waals surface area (Å²) in [7, 11) is 0. The van der Waals surface area contributed by atoms with Crippen molar-refractivity contribution < 1.29 is 24.3 Å². The fourth-order valence-electron chi connectivity index (χ4n) is 3.67. The van der Waals surface area contributed by atoms with Crippen LogP contribution < -0.4 is 5.32 Å². The predicted octanol–water partition coefficient (Wildman–Crippen LogP) is 3.39. The molecule has 0 radical (unpaired) electrons. The van der Waals surface area contributed by atoms with E-state index in [1.54, 1.807) is 30.3 Å². The van der Waals surface area contributed by atoms with Crippen LogP contribution in [0.15, 0.2) is 30.3 Å². The molecule has 0 saturated carbocycles. The van der Waals surface area contributed by atoms with E-state index in [1.807, 2.05) is 0 Å². The number of nitrogens with zero attached hydrogens (tertiary/aromatic N) is 2. The molecule has 1 fully saturated rings. The van der Waals surface area contributed by atoms with Crippen molar-refractivity contribution in [1.29, 1.82) is 0 Å². The number of fused-ring (bicyclic) bond motifs is 1. The molecule has 150 valence electrons. The van der Waals surface area contributed by atoms with E-state index in [2.05, 4.69) is 5.32 Å². The summed E-state index contributed by atoms with van der Waals surface area (Å²) in [6.45, 7) is 0.520. The first-order valence-electron chi connectivity index (χ1n) is 8.92. The zero-order valence-electron chi connectivity index (χ0n) is 15.1. The quantitative estimate of drug-likeness (QED) is 0.721. The zero-order valence-corrected chi connectivity index (χ0v) is 16.6. The molecule has 0 aliphatic carbocycles. The number of likely N-dealkylation sites (tertiary alicyclic amines) is 1. The number of halogens is 1. The van der Waals surface area contributed by atoms with Gasteiger partial charge in [0.2, 0.25) is 0 Å². The number of carboxylic acid groups (broad SMARTS) is 1. The monoisotopic (exact) mass is 433 g/mol. The van der Waals surface area contributed by atoms with Crippen LogP contribution in [0.2, 0.25) is 4.34 Å². The van der Waals surface area contributed by atoms with E-state index in [9.17, 15) is 19.2 Å². The Morgan fingerprint density at radius 3 is 2.45 bits per heavy atom. The first-order chi connectivity index (χ1) is 13.9.